The Bertz CT molecular complexity index is 303. The molecule has 4 heteroatoms. The van der Waals surface area contributed by atoms with E-state index in [2.05, 4.69) is 4.90 Å². The molecule has 4 nitrogen and oxygen atoms in total. The van der Waals surface area contributed by atoms with Crippen LogP contribution in [0.2, 0.25) is 0 Å². The van der Waals surface area contributed by atoms with Gasteiger partial charge >= 0.3 is 0 Å². The highest BCUT2D eigenvalue weighted by atomic mass is 16.3. The Hall–Kier alpha value is -0.610. The average molecular weight is 268 g/mol. The first-order valence-corrected chi connectivity index (χ1v) is 7.74. The average Bonchev–Trinajstić information content (AvgIpc) is 2.25. The van der Waals surface area contributed by atoms with Crippen molar-refractivity contribution in [1.82, 2.24) is 9.80 Å². The normalized spacial score (nSPS) is 24.7. The molecule has 0 aromatic rings. The second kappa shape index (κ2) is 6.23. The zero-order chi connectivity index (χ0) is 13.9. The van der Waals surface area contributed by atoms with Gasteiger partial charge in [0.1, 0.15) is 0 Å². The van der Waals surface area contributed by atoms with Crippen LogP contribution in [0.3, 0.4) is 0 Å². The highest BCUT2D eigenvalue weighted by Gasteiger charge is 2.44. The standard InChI is InChI=1S/C15H28N2O2/c1-13(2)15(19)11-16(12-15)10-14(18)17-8-6-4-3-5-7-9-17/h13,19H,3-12H2,1-2H3. The van der Waals surface area contributed by atoms with E-state index < -0.39 is 5.60 Å². The molecule has 110 valence electrons. The third kappa shape index (κ3) is 3.69. The predicted molar refractivity (Wildman–Crippen MR) is 75.9 cm³/mol. The maximum atomic E-state index is 12.2. The molecule has 1 amide bonds. The van der Waals surface area contributed by atoms with Crippen molar-refractivity contribution in [2.75, 3.05) is 32.7 Å². The van der Waals surface area contributed by atoms with Gasteiger partial charge in [0.25, 0.3) is 0 Å². The molecular formula is C15H28N2O2. The molecule has 2 saturated heterocycles. The Morgan fingerprint density at radius 1 is 1.11 bits per heavy atom. The largest absolute Gasteiger partial charge is 0.387 e. The van der Waals surface area contributed by atoms with Crippen molar-refractivity contribution in [1.29, 1.82) is 0 Å². The van der Waals surface area contributed by atoms with Crippen LogP contribution in [0, 0.1) is 5.92 Å². The molecular weight excluding hydrogens is 240 g/mol. The number of carbonyl (C=O) groups is 1. The smallest absolute Gasteiger partial charge is 0.236 e. The summed E-state index contributed by atoms with van der Waals surface area (Å²) in [7, 11) is 0. The van der Waals surface area contributed by atoms with Crippen LogP contribution in [-0.2, 0) is 4.79 Å². The van der Waals surface area contributed by atoms with Crippen LogP contribution in [0.1, 0.15) is 46.0 Å². The molecule has 0 radical (unpaired) electrons. The van der Waals surface area contributed by atoms with Gasteiger partial charge in [-0.05, 0) is 18.8 Å². The summed E-state index contributed by atoms with van der Waals surface area (Å²) in [6, 6.07) is 0. The lowest BCUT2D eigenvalue weighted by Gasteiger charge is -2.49. The molecule has 2 aliphatic heterocycles. The van der Waals surface area contributed by atoms with Crippen LogP contribution in [-0.4, -0.2) is 59.1 Å². The molecule has 0 aromatic carbocycles. The summed E-state index contributed by atoms with van der Waals surface area (Å²) < 4.78 is 0. The SMILES string of the molecule is CC(C)C1(O)CN(CC(=O)N2CCCCCCC2)C1. The lowest BCUT2D eigenvalue weighted by Crippen LogP contribution is -2.65. The van der Waals surface area contributed by atoms with Crippen molar-refractivity contribution in [3.63, 3.8) is 0 Å². The van der Waals surface area contributed by atoms with Gasteiger partial charge in [-0.3, -0.25) is 9.69 Å². The van der Waals surface area contributed by atoms with E-state index >= 15 is 0 Å². The first kappa shape index (κ1) is 14.8. The minimum atomic E-state index is -0.573. The van der Waals surface area contributed by atoms with Gasteiger partial charge < -0.3 is 10.0 Å². The maximum Gasteiger partial charge on any atom is 0.236 e. The first-order chi connectivity index (χ1) is 9.01. The number of β-amino-alcohol motifs (C(OH)–C–C–N with tert-alkyl or cyclic N) is 1. The van der Waals surface area contributed by atoms with Gasteiger partial charge in [0.15, 0.2) is 0 Å². The Kier molecular flexibility index (Phi) is 4.85. The second-order valence-electron chi connectivity index (χ2n) is 6.55. The molecule has 0 atom stereocenters. The molecule has 0 unspecified atom stereocenters. The van der Waals surface area contributed by atoms with Gasteiger partial charge in [-0.1, -0.05) is 33.1 Å². The number of aliphatic hydroxyl groups is 1. The molecule has 2 heterocycles. The summed E-state index contributed by atoms with van der Waals surface area (Å²) in [6.45, 7) is 7.68. The van der Waals surface area contributed by atoms with Crippen LogP contribution in [0.5, 0.6) is 0 Å². The number of hydrogen-bond donors (Lipinski definition) is 1. The molecule has 0 saturated carbocycles. The van der Waals surface area contributed by atoms with E-state index in [0.29, 0.717) is 19.6 Å². The molecule has 19 heavy (non-hydrogen) atoms. The lowest BCUT2D eigenvalue weighted by atomic mass is 9.83. The summed E-state index contributed by atoms with van der Waals surface area (Å²) in [6.07, 6.45) is 6.10. The molecule has 1 N–H and O–H groups in total. The number of amides is 1. The van der Waals surface area contributed by atoms with Crippen molar-refractivity contribution in [2.24, 2.45) is 5.92 Å². The summed E-state index contributed by atoms with van der Waals surface area (Å²) in [5.74, 6) is 0.508. The van der Waals surface area contributed by atoms with Crippen LogP contribution >= 0.6 is 0 Å². The van der Waals surface area contributed by atoms with Crippen LogP contribution in [0.15, 0.2) is 0 Å². The number of carbonyl (C=O) groups excluding carboxylic acids is 1. The molecule has 2 rings (SSSR count). The van der Waals surface area contributed by atoms with Crippen molar-refractivity contribution in [3.05, 3.63) is 0 Å². The summed E-state index contributed by atoms with van der Waals surface area (Å²) >= 11 is 0. The van der Waals surface area contributed by atoms with Crippen LogP contribution in [0.25, 0.3) is 0 Å². The quantitative estimate of drug-likeness (QED) is 0.843. The van der Waals surface area contributed by atoms with Gasteiger partial charge in [0.2, 0.25) is 5.91 Å². The monoisotopic (exact) mass is 268 g/mol. The van der Waals surface area contributed by atoms with Crippen molar-refractivity contribution >= 4 is 5.91 Å². The second-order valence-corrected chi connectivity index (χ2v) is 6.55. The fraction of sp³-hybridized carbons (Fsp3) is 0.933. The number of rotatable bonds is 3. The maximum absolute atomic E-state index is 12.2. The topological polar surface area (TPSA) is 43.8 Å². The zero-order valence-electron chi connectivity index (χ0n) is 12.4. The van der Waals surface area contributed by atoms with E-state index in [-0.39, 0.29) is 11.8 Å². The highest BCUT2D eigenvalue weighted by molar-refractivity contribution is 5.78. The van der Waals surface area contributed by atoms with E-state index in [4.69, 9.17) is 0 Å². The Labute approximate surface area is 116 Å². The fourth-order valence-corrected chi connectivity index (χ4v) is 2.99. The Morgan fingerprint density at radius 3 is 2.16 bits per heavy atom. The minimum absolute atomic E-state index is 0.243. The molecule has 0 spiro atoms. The summed E-state index contributed by atoms with van der Waals surface area (Å²) in [5.41, 5.74) is -0.573. The van der Waals surface area contributed by atoms with Crippen LogP contribution < -0.4 is 0 Å². The van der Waals surface area contributed by atoms with E-state index in [9.17, 15) is 9.90 Å². The first-order valence-electron chi connectivity index (χ1n) is 7.74. The zero-order valence-corrected chi connectivity index (χ0v) is 12.4. The van der Waals surface area contributed by atoms with Gasteiger partial charge in [-0.15, -0.1) is 0 Å². The van der Waals surface area contributed by atoms with Crippen molar-refractivity contribution < 1.29 is 9.90 Å². The highest BCUT2D eigenvalue weighted by Crippen LogP contribution is 2.28. The van der Waals surface area contributed by atoms with Gasteiger partial charge in [0, 0.05) is 26.2 Å². The summed E-state index contributed by atoms with van der Waals surface area (Å²) in [4.78, 5) is 16.3. The third-order valence-electron chi connectivity index (χ3n) is 4.64. The minimum Gasteiger partial charge on any atom is -0.387 e. The Morgan fingerprint density at radius 2 is 1.63 bits per heavy atom. The molecule has 0 aromatic heterocycles. The fourth-order valence-electron chi connectivity index (χ4n) is 2.99. The van der Waals surface area contributed by atoms with Gasteiger partial charge in [-0.2, -0.15) is 0 Å². The Balaban J connectivity index is 1.75. The molecule has 2 aliphatic rings. The number of nitrogens with zero attached hydrogens (tertiary/aromatic N) is 2. The molecule has 2 fully saturated rings. The van der Waals surface area contributed by atoms with Gasteiger partial charge in [0.05, 0.1) is 12.1 Å². The van der Waals surface area contributed by atoms with Crippen molar-refractivity contribution in [3.8, 4) is 0 Å². The van der Waals surface area contributed by atoms with Crippen LogP contribution in [0.4, 0.5) is 0 Å². The predicted octanol–water partition coefficient (Wildman–Crippen LogP) is 1.48. The molecule has 0 bridgehead atoms. The van der Waals surface area contributed by atoms with E-state index in [1.54, 1.807) is 0 Å². The summed E-state index contributed by atoms with van der Waals surface area (Å²) in [5, 5.41) is 10.2. The van der Waals surface area contributed by atoms with E-state index in [0.717, 1.165) is 25.9 Å². The van der Waals surface area contributed by atoms with Gasteiger partial charge in [-0.25, -0.2) is 0 Å². The number of likely N-dealkylation sites (tertiary alicyclic amines) is 2. The third-order valence-corrected chi connectivity index (χ3v) is 4.64. The number of hydrogen-bond acceptors (Lipinski definition) is 3. The lowest BCUT2D eigenvalue weighted by molar-refractivity contribution is -0.149. The van der Waals surface area contributed by atoms with E-state index in [1.165, 1.54) is 19.3 Å². The van der Waals surface area contributed by atoms with E-state index in [1.807, 2.05) is 18.7 Å². The molecule has 0 aliphatic carbocycles. The van der Waals surface area contributed by atoms with Crippen molar-refractivity contribution in [2.45, 2.75) is 51.6 Å².